The molecule has 5 atom stereocenters. The maximum absolute atomic E-state index is 13.8. The zero-order chi connectivity index (χ0) is 20.5. The van der Waals surface area contributed by atoms with Crippen molar-refractivity contribution in [2.45, 2.75) is 37.1 Å². The average Bonchev–Trinajstić information content (AvgIpc) is 2.71. The van der Waals surface area contributed by atoms with Gasteiger partial charge in [-0.25, -0.2) is 4.39 Å². The van der Waals surface area contributed by atoms with Crippen LogP contribution in [0.5, 0.6) is 0 Å². The molecule has 2 aromatic rings. The van der Waals surface area contributed by atoms with Gasteiger partial charge in [0.1, 0.15) is 17.9 Å². The van der Waals surface area contributed by atoms with Crippen molar-refractivity contribution >= 4 is 5.91 Å². The summed E-state index contributed by atoms with van der Waals surface area (Å²) in [6.07, 6.45) is 0.594. The van der Waals surface area contributed by atoms with Gasteiger partial charge in [-0.15, -0.1) is 0 Å². The van der Waals surface area contributed by atoms with Gasteiger partial charge in [0, 0.05) is 18.4 Å². The van der Waals surface area contributed by atoms with Gasteiger partial charge in [-0.05, 0) is 35.2 Å². The maximum Gasteiger partial charge on any atom is 0.238 e. The molecule has 4 rings (SSSR count). The fraction of sp³-hybridized carbons (Fsp3) is 0.318. The minimum absolute atomic E-state index is 0.00153. The van der Waals surface area contributed by atoms with Gasteiger partial charge in [0.15, 0.2) is 0 Å². The Morgan fingerprint density at radius 1 is 1.24 bits per heavy atom. The highest BCUT2D eigenvalue weighted by Gasteiger charge is 2.55. The van der Waals surface area contributed by atoms with Crippen LogP contribution in [0, 0.1) is 34.4 Å². The molecular weight excluding hydrogens is 371 g/mol. The summed E-state index contributed by atoms with van der Waals surface area (Å²) in [6.45, 7) is 0. The average molecular weight is 390 g/mol. The molecule has 0 bridgehead atoms. The first kappa shape index (κ1) is 19.1. The van der Waals surface area contributed by atoms with E-state index in [0.717, 1.165) is 11.1 Å². The van der Waals surface area contributed by atoms with Gasteiger partial charge < -0.3 is 10.4 Å². The second-order valence-electron chi connectivity index (χ2n) is 7.53. The molecule has 1 saturated carbocycles. The van der Waals surface area contributed by atoms with E-state index in [1.54, 1.807) is 12.1 Å². The Bertz CT molecular complexity index is 1020. The van der Waals surface area contributed by atoms with Crippen molar-refractivity contribution in [2.75, 3.05) is 0 Å². The van der Waals surface area contributed by atoms with Gasteiger partial charge in [-0.1, -0.05) is 30.3 Å². The van der Waals surface area contributed by atoms with E-state index >= 15 is 0 Å². The number of amides is 1. The molecule has 0 aromatic heterocycles. The smallest absolute Gasteiger partial charge is 0.238 e. The molecule has 7 heteroatoms. The Labute approximate surface area is 167 Å². The van der Waals surface area contributed by atoms with Gasteiger partial charge in [0.2, 0.25) is 5.91 Å². The SMILES string of the molecule is N#Cc1ccc(-c2ccc(C[C@@H](C#N)NC(=O)[C@H]3NC4[C@@H](O)C[C@@H]43)cc2)cc1F. The highest BCUT2D eigenvalue weighted by atomic mass is 19.1. The standard InChI is InChI=1S/C22H19FN4O2/c23-18-8-14(5-6-15(18)10-24)13-3-1-12(2-4-13)7-16(11-25)26-22(29)21-17-9-19(28)20(17)27-21/h1-6,8,16-17,19-21,27-28H,7,9H2,(H,26,29)/t16-,17-,19-,20?,21-/m0/s1. The Morgan fingerprint density at radius 3 is 2.52 bits per heavy atom. The van der Waals surface area contributed by atoms with E-state index in [9.17, 15) is 19.6 Å². The Balaban J connectivity index is 1.37. The van der Waals surface area contributed by atoms with Crippen molar-refractivity contribution in [3.8, 4) is 23.3 Å². The zero-order valence-corrected chi connectivity index (χ0v) is 15.5. The summed E-state index contributed by atoms with van der Waals surface area (Å²) in [4.78, 5) is 12.3. The van der Waals surface area contributed by atoms with Crippen LogP contribution in [0.1, 0.15) is 17.5 Å². The van der Waals surface area contributed by atoms with Crippen molar-refractivity contribution in [2.24, 2.45) is 5.92 Å². The fourth-order valence-corrected chi connectivity index (χ4v) is 3.97. The Hall–Kier alpha value is -3.26. The maximum atomic E-state index is 13.8. The topological polar surface area (TPSA) is 109 Å². The molecule has 0 radical (unpaired) electrons. The minimum Gasteiger partial charge on any atom is -0.391 e. The second kappa shape index (κ2) is 7.63. The number of hydrogen-bond donors (Lipinski definition) is 3. The molecule has 1 saturated heterocycles. The summed E-state index contributed by atoms with van der Waals surface area (Å²) >= 11 is 0. The Kier molecular flexibility index (Phi) is 5.02. The summed E-state index contributed by atoms with van der Waals surface area (Å²) in [6, 6.07) is 14.7. The lowest BCUT2D eigenvalue weighted by atomic mass is 9.65. The molecular formula is C22H19FN4O2. The molecule has 29 heavy (non-hydrogen) atoms. The zero-order valence-electron chi connectivity index (χ0n) is 15.5. The van der Waals surface area contributed by atoms with E-state index in [4.69, 9.17) is 5.26 Å². The third-order valence-corrected chi connectivity index (χ3v) is 5.76. The molecule has 1 unspecified atom stereocenters. The molecule has 1 amide bonds. The van der Waals surface area contributed by atoms with Crippen molar-refractivity contribution < 1.29 is 14.3 Å². The summed E-state index contributed by atoms with van der Waals surface area (Å²) in [5.74, 6) is -0.627. The fourth-order valence-electron chi connectivity index (χ4n) is 3.97. The summed E-state index contributed by atoms with van der Waals surface area (Å²) in [7, 11) is 0. The van der Waals surface area contributed by atoms with Gasteiger partial charge >= 0.3 is 0 Å². The van der Waals surface area contributed by atoms with Crippen LogP contribution in [0.3, 0.4) is 0 Å². The molecule has 1 aliphatic carbocycles. The predicted molar refractivity (Wildman–Crippen MR) is 103 cm³/mol. The van der Waals surface area contributed by atoms with Crippen LogP contribution in [0.15, 0.2) is 42.5 Å². The van der Waals surface area contributed by atoms with Crippen molar-refractivity contribution in [3.05, 3.63) is 59.4 Å². The van der Waals surface area contributed by atoms with E-state index in [0.29, 0.717) is 18.4 Å². The lowest BCUT2D eigenvalue weighted by Gasteiger charge is -2.56. The summed E-state index contributed by atoms with van der Waals surface area (Å²) in [5, 5.41) is 33.5. The van der Waals surface area contributed by atoms with Crippen LogP contribution in [0.2, 0.25) is 0 Å². The van der Waals surface area contributed by atoms with Crippen LogP contribution >= 0.6 is 0 Å². The number of aliphatic hydroxyl groups excluding tert-OH is 1. The van der Waals surface area contributed by atoms with E-state index in [-0.39, 0.29) is 35.6 Å². The van der Waals surface area contributed by atoms with Gasteiger partial charge in [-0.2, -0.15) is 10.5 Å². The number of aliphatic hydroxyl groups is 1. The van der Waals surface area contributed by atoms with Crippen molar-refractivity contribution in [3.63, 3.8) is 0 Å². The van der Waals surface area contributed by atoms with E-state index in [1.165, 1.54) is 12.1 Å². The molecule has 2 fully saturated rings. The number of piperidine rings is 1. The first-order chi connectivity index (χ1) is 14.0. The van der Waals surface area contributed by atoms with Crippen LogP contribution in [0.25, 0.3) is 11.1 Å². The number of rotatable bonds is 5. The molecule has 6 nitrogen and oxygen atoms in total. The van der Waals surface area contributed by atoms with Crippen molar-refractivity contribution in [1.29, 1.82) is 10.5 Å². The van der Waals surface area contributed by atoms with Crippen LogP contribution in [-0.2, 0) is 11.2 Å². The van der Waals surface area contributed by atoms with Gasteiger partial charge in [0.05, 0.1) is 23.8 Å². The first-order valence-electron chi connectivity index (χ1n) is 9.43. The molecule has 0 spiro atoms. The first-order valence-corrected chi connectivity index (χ1v) is 9.43. The number of hydrogen-bond acceptors (Lipinski definition) is 5. The van der Waals surface area contributed by atoms with E-state index < -0.39 is 11.9 Å². The highest BCUT2D eigenvalue weighted by molar-refractivity contribution is 5.84. The number of fused-ring (bicyclic) bond motifs is 1. The van der Waals surface area contributed by atoms with Crippen LogP contribution in [-0.4, -0.2) is 35.2 Å². The second-order valence-corrected chi connectivity index (χ2v) is 7.53. The number of nitrogens with one attached hydrogen (secondary N) is 2. The normalized spacial score (nSPS) is 25.4. The number of carbonyl (C=O) groups is 1. The van der Waals surface area contributed by atoms with Crippen molar-refractivity contribution in [1.82, 2.24) is 10.6 Å². The molecule has 1 aliphatic heterocycles. The number of nitriles is 2. The molecule has 1 heterocycles. The van der Waals surface area contributed by atoms with Gasteiger partial charge in [-0.3, -0.25) is 10.1 Å². The quantitative estimate of drug-likeness (QED) is 0.719. The summed E-state index contributed by atoms with van der Waals surface area (Å²) in [5.41, 5.74) is 2.32. The molecule has 2 aromatic carbocycles. The Morgan fingerprint density at radius 2 is 1.97 bits per heavy atom. The monoisotopic (exact) mass is 390 g/mol. The van der Waals surface area contributed by atoms with Crippen LogP contribution < -0.4 is 10.6 Å². The molecule has 3 N–H and O–H groups in total. The largest absolute Gasteiger partial charge is 0.391 e. The van der Waals surface area contributed by atoms with Crippen LogP contribution in [0.4, 0.5) is 4.39 Å². The highest BCUT2D eigenvalue weighted by Crippen LogP contribution is 2.39. The predicted octanol–water partition coefficient (Wildman–Crippen LogP) is 1.64. The number of halogens is 1. The molecule has 146 valence electrons. The van der Waals surface area contributed by atoms with E-state index in [1.807, 2.05) is 24.3 Å². The number of carbonyl (C=O) groups excluding carboxylic acids is 1. The number of benzene rings is 2. The lowest BCUT2D eigenvalue weighted by molar-refractivity contribution is -0.142. The molecule has 2 aliphatic rings. The minimum atomic E-state index is -0.661. The third-order valence-electron chi connectivity index (χ3n) is 5.76. The van der Waals surface area contributed by atoms with E-state index in [2.05, 4.69) is 16.7 Å². The lowest BCUT2D eigenvalue weighted by Crippen LogP contribution is -2.77. The van der Waals surface area contributed by atoms with Gasteiger partial charge in [0.25, 0.3) is 0 Å². The summed E-state index contributed by atoms with van der Waals surface area (Å²) < 4.78 is 13.8. The third kappa shape index (κ3) is 3.58. The number of nitrogens with zero attached hydrogens (tertiary/aromatic N) is 2.